The van der Waals surface area contributed by atoms with E-state index in [4.69, 9.17) is 14.2 Å². The summed E-state index contributed by atoms with van der Waals surface area (Å²) in [6, 6.07) is -0.636. The topological polar surface area (TPSA) is 99.1 Å². The van der Waals surface area contributed by atoms with Gasteiger partial charge in [0.2, 0.25) is 0 Å². The molecule has 0 aliphatic carbocycles. The summed E-state index contributed by atoms with van der Waals surface area (Å²) in [4.78, 5) is 36.6. The van der Waals surface area contributed by atoms with Gasteiger partial charge in [-0.1, -0.05) is 119 Å². The first-order valence-electron chi connectivity index (χ1n) is 19.0. The van der Waals surface area contributed by atoms with Gasteiger partial charge in [0.05, 0.1) is 40.8 Å². The van der Waals surface area contributed by atoms with Crippen LogP contribution in [0.15, 0.2) is 72.9 Å². The Labute approximate surface area is 304 Å². The van der Waals surface area contributed by atoms with E-state index >= 15 is 0 Å². The van der Waals surface area contributed by atoms with Crippen LogP contribution in [0.25, 0.3) is 0 Å². The lowest BCUT2D eigenvalue weighted by Gasteiger charge is -2.31. The zero-order valence-electron chi connectivity index (χ0n) is 32.1. The van der Waals surface area contributed by atoms with Crippen LogP contribution in [0.5, 0.6) is 0 Å². The van der Waals surface area contributed by atoms with Crippen molar-refractivity contribution in [1.29, 1.82) is 0 Å². The molecular formula is C42H70NO7+. The molecule has 284 valence electrons. The minimum atomic E-state index is -0.897. The number of aliphatic carboxylic acids is 1. The standard InChI is InChI=1S/C42H69NO7/c1-6-8-10-12-14-16-17-18-19-20-21-22-23-25-27-29-31-33-41(45)50-38(36-48-35-34-39(42(46)47)43(3,4)5)37-49-40(44)32-30-28-26-24-15-13-11-9-7-2/h9,11,15,18-19,21-22,24-25,27-28,30,38-39H,6-8,10,12-14,16-17,20,23,26,29,31-37H2,1-5H3/p+1/b11-9+,19-18+,22-21+,24-15+,27-25+,30-28+. The predicted molar refractivity (Wildman–Crippen MR) is 206 cm³/mol. The van der Waals surface area contributed by atoms with Crippen LogP contribution in [0.2, 0.25) is 0 Å². The van der Waals surface area contributed by atoms with Crippen molar-refractivity contribution in [3.63, 3.8) is 0 Å². The summed E-state index contributed by atoms with van der Waals surface area (Å²) >= 11 is 0. The molecule has 0 aliphatic rings. The number of carboxylic acids is 1. The number of hydrogen-bond acceptors (Lipinski definition) is 6. The van der Waals surface area contributed by atoms with Crippen molar-refractivity contribution in [1.82, 2.24) is 0 Å². The van der Waals surface area contributed by atoms with Crippen molar-refractivity contribution < 1.29 is 38.2 Å². The molecule has 0 spiro atoms. The van der Waals surface area contributed by atoms with Gasteiger partial charge in [0.15, 0.2) is 12.1 Å². The maximum atomic E-state index is 12.6. The molecular weight excluding hydrogens is 630 g/mol. The van der Waals surface area contributed by atoms with Gasteiger partial charge >= 0.3 is 17.9 Å². The second kappa shape index (κ2) is 32.9. The molecule has 0 aromatic rings. The zero-order valence-corrected chi connectivity index (χ0v) is 32.1. The number of allylic oxidation sites excluding steroid dienone is 11. The third kappa shape index (κ3) is 30.8. The molecule has 0 bridgehead atoms. The molecule has 2 unspecified atom stereocenters. The molecule has 8 nitrogen and oxygen atoms in total. The van der Waals surface area contributed by atoms with Crippen LogP contribution in [0.3, 0.4) is 0 Å². The number of rotatable bonds is 32. The molecule has 8 heteroatoms. The average Bonchev–Trinajstić information content (AvgIpc) is 3.06. The predicted octanol–water partition coefficient (Wildman–Crippen LogP) is 9.63. The number of hydrogen-bond donors (Lipinski definition) is 1. The van der Waals surface area contributed by atoms with Crippen LogP contribution >= 0.6 is 0 Å². The Morgan fingerprint density at radius 2 is 1.18 bits per heavy atom. The fourth-order valence-electron chi connectivity index (χ4n) is 4.93. The summed E-state index contributed by atoms with van der Waals surface area (Å²) in [7, 11) is 5.46. The van der Waals surface area contributed by atoms with E-state index in [1.54, 1.807) is 6.08 Å². The van der Waals surface area contributed by atoms with E-state index in [1.807, 2.05) is 33.3 Å². The molecule has 0 aliphatic heterocycles. The molecule has 0 aromatic heterocycles. The minimum absolute atomic E-state index is 0.0100. The lowest BCUT2D eigenvalue weighted by atomic mass is 10.1. The smallest absolute Gasteiger partial charge is 0.362 e. The van der Waals surface area contributed by atoms with E-state index in [1.165, 1.54) is 44.9 Å². The van der Waals surface area contributed by atoms with Crippen molar-refractivity contribution >= 4 is 17.9 Å². The Morgan fingerprint density at radius 1 is 0.640 bits per heavy atom. The molecule has 1 N–H and O–H groups in total. The Balaban J connectivity index is 4.58. The van der Waals surface area contributed by atoms with E-state index < -0.39 is 24.1 Å². The Morgan fingerprint density at radius 3 is 1.76 bits per heavy atom. The van der Waals surface area contributed by atoms with Crippen LogP contribution < -0.4 is 0 Å². The maximum Gasteiger partial charge on any atom is 0.362 e. The summed E-state index contributed by atoms with van der Waals surface area (Å²) in [5.41, 5.74) is 0. The average molecular weight is 701 g/mol. The maximum absolute atomic E-state index is 12.6. The number of esters is 2. The Hall–Kier alpha value is -3.23. The quantitative estimate of drug-likeness (QED) is 0.0323. The van der Waals surface area contributed by atoms with Gasteiger partial charge in [0.25, 0.3) is 0 Å². The highest BCUT2D eigenvalue weighted by Crippen LogP contribution is 2.10. The van der Waals surface area contributed by atoms with Gasteiger partial charge in [0.1, 0.15) is 6.61 Å². The molecule has 0 heterocycles. The lowest BCUT2D eigenvalue weighted by molar-refractivity contribution is -0.887. The second-order valence-corrected chi connectivity index (χ2v) is 13.5. The highest BCUT2D eigenvalue weighted by atomic mass is 16.6. The van der Waals surface area contributed by atoms with Gasteiger partial charge in [-0.05, 0) is 57.8 Å². The van der Waals surface area contributed by atoms with Crippen LogP contribution in [-0.2, 0) is 28.6 Å². The second-order valence-electron chi connectivity index (χ2n) is 13.5. The molecule has 2 atom stereocenters. The highest BCUT2D eigenvalue weighted by Gasteiger charge is 2.31. The summed E-state index contributed by atoms with van der Waals surface area (Å²) in [6.07, 6.45) is 40.0. The van der Waals surface area contributed by atoms with Crippen LogP contribution in [0.4, 0.5) is 0 Å². The van der Waals surface area contributed by atoms with Gasteiger partial charge < -0.3 is 23.8 Å². The Kier molecular flexibility index (Phi) is 30.8. The molecule has 0 saturated carbocycles. The molecule has 0 aromatic carbocycles. The zero-order chi connectivity index (χ0) is 37.1. The van der Waals surface area contributed by atoms with Crippen molar-refractivity contribution in [2.45, 2.75) is 135 Å². The number of unbranched alkanes of at least 4 members (excludes halogenated alkanes) is 7. The first-order chi connectivity index (χ1) is 24.1. The fourth-order valence-corrected chi connectivity index (χ4v) is 4.93. The summed E-state index contributed by atoms with van der Waals surface area (Å²) in [5, 5.41) is 9.57. The van der Waals surface area contributed by atoms with Crippen molar-refractivity contribution in [2.75, 3.05) is 41.0 Å². The number of carbonyl (C=O) groups excluding carboxylic acids is 2. The fraction of sp³-hybridized carbons (Fsp3) is 0.643. The van der Waals surface area contributed by atoms with Crippen molar-refractivity contribution in [2.24, 2.45) is 0 Å². The summed E-state index contributed by atoms with van der Waals surface area (Å²) in [6.45, 7) is 4.41. The molecule has 0 rings (SSSR count). The Bertz CT molecular complexity index is 1050. The van der Waals surface area contributed by atoms with E-state index in [-0.39, 0.29) is 43.1 Å². The lowest BCUT2D eigenvalue weighted by Crippen LogP contribution is -2.50. The number of carboxylic acid groups (broad SMARTS) is 1. The number of quaternary nitrogens is 1. The molecule has 0 radical (unpaired) electrons. The van der Waals surface area contributed by atoms with Gasteiger partial charge in [-0.2, -0.15) is 0 Å². The van der Waals surface area contributed by atoms with E-state index in [2.05, 4.69) is 68.5 Å². The number of ether oxygens (including phenoxy) is 3. The van der Waals surface area contributed by atoms with Crippen LogP contribution in [0, 0.1) is 0 Å². The largest absolute Gasteiger partial charge is 0.477 e. The number of carbonyl (C=O) groups is 3. The van der Waals surface area contributed by atoms with Crippen molar-refractivity contribution in [3.05, 3.63) is 72.9 Å². The molecule has 0 amide bonds. The molecule has 50 heavy (non-hydrogen) atoms. The van der Waals surface area contributed by atoms with Gasteiger partial charge in [-0.3, -0.25) is 9.59 Å². The van der Waals surface area contributed by atoms with Crippen LogP contribution in [0.1, 0.15) is 123 Å². The van der Waals surface area contributed by atoms with Gasteiger partial charge in [0, 0.05) is 12.8 Å². The summed E-state index contributed by atoms with van der Waals surface area (Å²) in [5.74, 6) is -1.70. The van der Waals surface area contributed by atoms with E-state index in [0.717, 1.165) is 38.5 Å². The number of likely N-dealkylation sites (N-methyl/N-ethyl adjacent to an activating group) is 1. The van der Waals surface area contributed by atoms with Gasteiger partial charge in [-0.25, -0.2) is 4.79 Å². The number of nitrogens with zero attached hydrogens (tertiary/aromatic N) is 1. The first-order valence-corrected chi connectivity index (χ1v) is 19.0. The molecule has 0 saturated heterocycles. The third-order valence-corrected chi connectivity index (χ3v) is 7.87. The highest BCUT2D eigenvalue weighted by molar-refractivity contribution is 5.72. The first kappa shape index (κ1) is 46.8. The van der Waals surface area contributed by atoms with Gasteiger partial charge in [-0.15, -0.1) is 0 Å². The van der Waals surface area contributed by atoms with E-state index in [0.29, 0.717) is 12.8 Å². The van der Waals surface area contributed by atoms with Crippen LogP contribution in [-0.4, -0.2) is 80.6 Å². The monoisotopic (exact) mass is 701 g/mol. The SMILES string of the molecule is CC/C=C/C/C=C/C/C=C/CC(=O)OCC(COCCC(C(=O)O)[N+](C)(C)C)OC(=O)CCC/C=C/C/C=C/C/C=C/CCCCCCCC. The van der Waals surface area contributed by atoms with Crippen molar-refractivity contribution in [3.8, 4) is 0 Å². The molecule has 0 fully saturated rings. The minimum Gasteiger partial charge on any atom is -0.477 e. The normalized spacial score (nSPS) is 13.9. The third-order valence-electron chi connectivity index (χ3n) is 7.87. The summed E-state index contributed by atoms with van der Waals surface area (Å²) < 4.78 is 17.0. The van der Waals surface area contributed by atoms with E-state index in [9.17, 15) is 19.5 Å².